The predicted molar refractivity (Wildman–Crippen MR) is 75.3 cm³/mol. The fraction of sp³-hybridized carbons (Fsp3) is 0.538. The molecule has 0 aromatic heterocycles. The molecule has 6 heteroatoms. The zero-order chi connectivity index (χ0) is 14.5. The lowest BCUT2D eigenvalue weighted by molar-refractivity contribution is 0.331. The van der Waals surface area contributed by atoms with Gasteiger partial charge in [-0.15, -0.1) is 11.6 Å². The van der Waals surface area contributed by atoms with Crippen molar-refractivity contribution in [2.24, 2.45) is 5.41 Å². The summed E-state index contributed by atoms with van der Waals surface area (Å²) in [7, 11) is -3.66. The number of sulfonamides is 1. The Morgan fingerprint density at radius 2 is 2.05 bits per heavy atom. The molecule has 1 N–H and O–H groups in total. The second-order valence-electron chi connectivity index (χ2n) is 5.24. The summed E-state index contributed by atoms with van der Waals surface area (Å²) in [5.41, 5.74) is -0.185. The van der Waals surface area contributed by atoms with E-state index in [1.807, 2.05) is 13.8 Å². The molecule has 0 spiro atoms. The molecule has 0 saturated heterocycles. The van der Waals surface area contributed by atoms with Crippen LogP contribution >= 0.6 is 11.6 Å². The van der Waals surface area contributed by atoms with Crippen molar-refractivity contribution in [1.82, 2.24) is 4.72 Å². The van der Waals surface area contributed by atoms with Gasteiger partial charge in [-0.2, -0.15) is 0 Å². The molecule has 0 radical (unpaired) electrons. The van der Waals surface area contributed by atoms with Crippen LogP contribution in [-0.4, -0.2) is 20.8 Å². The monoisotopic (exact) mass is 307 g/mol. The third-order valence-corrected chi connectivity index (χ3v) is 4.50. The molecule has 0 unspecified atom stereocenters. The lowest BCUT2D eigenvalue weighted by Gasteiger charge is -2.24. The van der Waals surface area contributed by atoms with E-state index in [9.17, 15) is 12.8 Å². The highest BCUT2D eigenvalue weighted by Gasteiger charge is 2.22. The maximum atomic E-state index is 13.0. The summed E-state index contributed by atoms with van der Waals surface area (Å²) in [4.78, 5) is -0.0550. The van der Waals surface area contributed by atoms with Gasteiger partial charge in [-0.3, -0.25) is 0 Å². The molecular formula is C13H19ClFNO2S. The van der Waals surface area contributed by atoms with E-state index in [1.165, 1.54) is 18.2 Å². The van der Waals surface area contributed by atoms with E-state index in [-0.39, 0.29) is 10.3 Å². The average molecular weight is 308 g/mol. The zero-order valence-electron chi connectivity index (χ0n) is 11.1. The summed E-state index contributed by atoms with van der Waals surface area (Å²) in [5.74, 6) is -0.00985. The van der Waals surface area contributed by atoms with Gasteiger partial charge >= 0.3 is 0 Å². The fourth-order valence-electron chi connectivity index (χ4n) is 1.64. The number of hydrogen-bond acceptors (Lipinski definition) is 2. The lowest BCUT2D eigenvalue weighted by atomic mass is 9.88. The topological polar surface area (TPSA) is 46.2 Å². The molecule has 0 bridgehead atoms. The number of halogens is 2. The van der Waals surface area contributed by atoms with Gasteiger partial charge in [0.15, 0.2) is 0 Å². The molecule has 0 amide bonds. The van der Waals surface area contributed by atoms with Crippen molar-refractivity contribution >= 4 is 21.6 Å². The van der Waals surface area contributed by atoms with E-state index in [4.69, 9.17) is 11.6 Å². The third-order valence-electron chi connectivity index (χ3n) is 2.83. The van der Waals surface area contributed by atoms with Gasteiger partial charge in [0.05, 0.1) is 4.90 Å². The van der Waals surface area contributed by atoms with Gasteiger partial charge in [0, 0.05) is 12.4 Å². The molecule has 0 fully saturated rings. The highest BCUT2D eigenvalue weighted by atomic mass is 35.5. The van der Waals surface area contributed by atoms with Gasteiger partial charge in [-0.05, 0) is 36.5 Å². The van der Waals surface area contributed by atoms with Crippen molar-refractivity contribution in [2.45, 2.75) is 31.6 Å². The van der Waals surface area contributed by atoms with Crippen molar-refractivity contribution in [3.8, 4) is 0 Å². The summed E-state index contributed by atoms with van der Waals surface area (Å²) < 4.78 is 39.5. The maximum Gasteiger partial charge on any atom is 0.240 e. The molecule has 0 aliphatic carbocycles. The van der Waals surface area contributed by atoms with Crippen molar-refractivity contribution < 1.29 is 12.8 Å². The van der Waals surface area contributed by atoms with E-state index in [0.717, 1.165) is 18.9 Å². The van der Waals surface area contributed by atoms with E-state index < -0.39 is 15.8 Å². The Balaban J connectivity index is 2.71. The normalized spacial score (nSPS) is 12.6. The lowest BCUT2D eigenvalue weighted by Crippen LogP contribution is -2.34. The molecule has 19 heavy (non-hydrogen) atoms. The first-order valence-corrected chi connectivity index (χ1v) is 8.10. The van der Waals surface area contributed by atoms with E-state index >= 15 is 0 Å². The van der Waals surface area contributed by atoms with Crippen molar-refractivity contribution in [2.75, 3.05) is 12.4 Å². The standard InChI is InChI=1S/C13H19ClFNO2S/c1-13(2,7-4-8-14)10-16-19(17,18)12-6-3-5-11(15)9-12/h3,5-6,9,16H,4,7-8,10H2,1-2H3. The second kappa shape index (κ2) is 6.68. The van der Waals surface area contributed by atoms with Crippen LogP contribution < -0.4 is 4.72 Å². The highest BCUT2D eigenvalue weighted by Crippen LogP contribution is 2.22. The van der Waals surface area contributed by atoms with E-state index in [2.05, 4.69) is 4.72 Å². The van der Waals surface area contributed by atoms with Crippen LogP contribution in [0.4, 0.5) is 4.39 Å². The molecule has 1 aromatic carbocycles. The number of hydrogen-bond donors (Lipinski definition) is 1. The molecule has 0 atom stereocenters. The highest BCUT2D eigenvalue weighted by molar-refractivity contribution is 7.89. The van der Waals surface area contributed by atoms with E-state index in [0.29, 0.717) is 12.4 Å². The summed E-state index contributed by atoms with van der Waals surface area (Å²) in [6.45, 7) is 4.23. The first kappa shape index (κ1) is 16.4. The Bertz CT molecular complexity index is 517. The number of rotatable bonds is 7. The Kier molecular flexibility index (Phi) is 5.77. The number of alkyl halides is 1. The van der Waals surface area contributed by atoms with Crippen molar-refractivity contribution in [3.63, 3.8) is 0 Å². The summed E-state index contributed by atoms with van der Waals surface area (Å²) >= 11 is 5.63. The summed E-state index contributed by atoms with van der Waals surface area (Å²) in [6.07, 6.45) is 1.65. The molecule has 0 aliphatic rings. The maximum absolute atomic E-state index is 13.0. The minimum atomic E-state index is -3.66. The van der Waals surface area contributed by atoms with Crippen LogP contribution in [0.1, 0.15) is 26.7 Å². The quantitative estimate of drug-likeness (QED) is 0.787. The SMILES string of the molecule is CC(C)(CCCCl)CNS(=O)(=O)c1cccc(F)c1. The smallest absolute Gasteiger partial charge is 0.211 e. The third kappa shape index (κ3) is 5.47. The zero-order valence-corrected chi connectivity index (χ0v) is 12.7. The van der Waals surface area contributed by atoms with Gasteiger partial charge in [-0.25, -0.2) is 17.5 Å². The van der Waals surface area contributed by atoms with Crippen LogP contribution in [0.2, 0.25) is 0 Å². The van der Waals surface area contributed by atoms with Crippen molar-refractivity contribution in [1.29, 1.82) is 0 Å². The van der Waals surface area contributed by atoms with Gasteiger partial charge in [0.25, 0.3) is 0 Å². The minimum Gasteiger partial charge on any atom is -0.211 e. The van der Waals surface area contributed by atoms with Crippen LogP contribution in [0, 0.1) is 11.2 Å². The molecule has 0 aliphatic heterocycles. The molecule has 1 aromatic rings. The average Bonchev–Trinajstić information content (AvgIpc) is 2.34. The first-order valence-electron chi connectivity index (χ1n) is 6.08. The van der Waals surface area contributed by atoms with Crippen LogP contribution in [0.25, 0.3) is 0 Å². The Labute approximate surface area is 119 Å². The Hall–Kier alpha value is -0.650. The second-order valence-corrected chi connectivity index (χ2v) is 7.38. The molecular weight excluding hydrogens is 289 g/mol. The van der Waals surface area contributed by atoms with E-state index in [1.54, 1.807) is 0 Å². The van der Waals surface area contributed by atoms with Gasteiger partial charge in [-0.1, -0.05) is 19.9 Å². The fourth-order valence-corrected chi connectivity index (χ4v) is 3.05. The number of benzene rings is 1. The predicted octanol–water partition coefficient (Wildman–Crippen LogP) is 3.15. The van der Waals surface area contributed by atoms with Crippen LogP contribution in [0.3, 0.4) is 0 Å². The van der Waals surface area contributed by atoms with Crippen molar-refractivity contribution in [3.05, 3.63) is 30.1 Å². The molecule has 0 saturated carbocycles. The largest absolute Gasteiger partial charge is 0.240 e. The number of nitrogens with one attached hydrogen (secondary N) is 1. The van der Waals surface area contributed by atoms with Gasteiger partial charge < -0.3 is 0 Å². The van der Waals surface area contributed by atoms with Crippen LogP contribution in [0.15, 0.2) is 29.2 Å². The van der Waals surface area contributed by atoms with Gasteiger partial charge in [0.1, 0.15) is 5.82 Å². The Morgan fingerprint density at radius 3 is 2.63 bits per heavy atom. The Morgan fingerprint density at radius 1 is 1.37 bits per heavy atom. The molecule has 108 valence electrons. The van der Waals surface area contributed by atoms with Gasteiger partial charge in [0.2, 0.25) is 10.0 Å². The minimum absolute atomic E-state index is 0.0550. The van der Waals surface area contributed by atoms with Crippen LogP contribution in [-0.2, 0) is 10.0 Å². The molecule has 1 rings (SSSR count). The first-order chi connectivity index (χ1) is 8.77. The van der Waals surface area contributed by atoms with Crippen LogP contribution in [0.5, 0.6) is 0 Å². The summed E-state index contributed by atoms with van der Waals surface area (Å²) in [6, 6.07) is 4.97. The molecule has 3 nitrogen and oxygen atoms in total. The molecule has 0 heterocycles. The summed E-state index contributed by atoms with van der Waals surface area (Å²) in [5, 5.41) is 0.